The number of carbonyl (C=O) groups excluding carboxylic acids is 1. The fraction of sp³-hybridized carbons (Fsp3) is 0.389. The van der Waals surface area contributed by atoms with Crippen molar-refractivity contribution in [2.24, 2.45) is 0 Å². The van der Waals surface area contributed by atoms with Gasteiger partial charge in [0.05, 0.1) is 18.9 Å². The molecule has 2 aromatic rings. The van der Waals surface area contributed by atoms with Crippen LogP contribution < -0.4 is 4.74 Å². The smallest absolute Gasteiger partial charge is 0.233 e. The predicted molar refractivity (Wildman–Crippen MR) is 96.5 cm³/mol. The molecule has 2 heterocycles. The summed E-state index contributed by atoms with van der Waals surface area (Å²) in [6.45, 7) is 3.00. The Bertz CT molecular complexity index is 666. The molecule has 122 valence electrons. The third kappa shape index (κ3) is 3.56. The minimum atomic E-state index is 0.231. The summed E-state index contributed by atoms with van der Waals surface area (Å²) in [5.41, 5.74) is 1.35. The number of ether oxygens (including phenoxy) is 1. The molecule has 1 unspecified atom stereocenters. The zero-order valence-electron chi connectivity index (χ0n) is 13.5. The maximum absolute atomic E-state index is 12.7. The van der Waals surface area contributed by atoms with E-state index in [1.54, 1.807) is 18.9 Å². The van der Waals surface area contributed by atoms with Crippen molar-refractivity contribution in [3.8, 4) is 5.75 Å². The Balaban J connectivity index is 1.63. The molecular weight excluding hydrogens is 326 g/mol. The van der Waals surface area contributed by atoms with Gasteiger partial charge in [-0.15, -0.1) is 23.1 Å². The number of benzene rings is 1. The maximum atomic E-state index is 12.7. The number of hydrogen-bond donors (Lipinski definition) is 0. The van der Waals surface area contributed by atoms with Gasteiger partial charge in [-0.2, -0.15) is 0 Å². The lowest BCUT2D eigenvalue weighted by Gasteiger charge is -2.35. The van der Waals surface area contributed by atoms with Crippen molar-refractivity contribution in [2.45, 2.75) is 30.7 Å². The topological polar surface area (TPSA) is 29.5 Å². The van der Waals surface area contributed by atoms with E-state index in [9.17, 15) is 4.79 Å². The van der Waals surface area contributed by atoms with Crippen molar-refractivity contribution >= 4 is 29.0 Å². The number of rotatable bonds is 5. The second-order valence-corrected chi connectivity index (χ2v) is 7.57. The molecule has 3 nitrogen and oxygen atoms in total. The lowest BCUT2D eigenvalue weighted by atomic mass is 9.98. The number of nitrogens with zero attached hydrogens (tertiary/aromatic N) is 1. The van der Waals surface area contributed by atoms with E-state index in [-0.39, 0.29) is 11.9 Å². The van der Waals surface area contributed by atoms with Crippen molar-refractivity contribution in [3.05, 3.63) is 46.2 Å². The van der Waals surface area contributed by atoms with E-state index in [1.165, 1.54) is 10.4 Å². The Morgan fingerprint density at radius 3 is 2.83 bits per heavy atom. The number of fused-ring (bicyclic) bond motifs is 1. The second kappa shape index (κ2) is 7.41. The lowest BCUT2D eigenvalue weighted by Crippen LogP contribution is -2.40. The Kier molecular flexibility index (Phi) is 5.28. The maximum Gasteiger partial charge on any atom is 0.233 e. The molecule has 1 atom stereocenters. The first kappa shape index (κ1) is 16.4. The average Bonchev–Trinajstić information content (AvgIpc) is 3.07. The molecule has 1 aromatic carbocycles. The average molecular weight is 348 g/mol. The Morgan fingerprint density at radius 1 is 1.35 bits per heavy atom. The fourth-order valence-corrected chi connectivity index (χ4v) is 4.75. The van der Waals surface area contributed by atoms with Crippen LogP contribution in [-0.2, 0) is 11.2 Å². The van der Waals surface area contributed by atoms with Crippen LogP contribution in [0, 0.1) is 0 Å². The molecular formula is C18H21NO2S2. The number of amides is 1. The van der Waals surface area contributed by atoms with Gasteiger partial charge in [0, 0.05) is 16.3 Å². The van der Waals surface area contributed by atoms with Crippen molar-refractivity contribution < 1.29 is 9.53 Å². The van der Waals surface area contributed by atoms with Crippen molar-refractivity contribution in [1.82, 2.24) is 4.90 Å². The van der Waals surface area contributed by atoms with Crippen LogP contribution in [-0.4, -0.2) is 30.2 Å². The summed E-state index contributed by atoms with van der Waals surface area (Å²) in [6.07, 6.45) is 1.96. The van der Waals surface area contributed by atoms with Gasteiger partial charge in [0.2, 0.25) is 5.91 Å². The van der Waals surface area contributed by atoms with Gasteiger partial charge in [-0.05, 0) is 54.1 Å². The van der Waals surface area contributed by atoms with Crippen LogP contribution in [0.1, 0.15) is 29.8 Å². The zero-order chi connectivity index (χ0) is 16.2. The first-order valence-corrected chi connectivity index (χ1v) is 9.72. The van der Waals surface area contributed by atoms with Crippen LogP contribution >= 0.6 is 23.1 Å². The third-order valence-electron chi connectivity index (χ3n) is 4.22. The number of hydrogen-bond acceptors (Lipinski definition) is 4. The Hall–Kier alpha value is -1.46. The van der Waals surface area contributed by atoms with Gasteiger partial charge in [-0.25, -0.2) is 0 Å². The highest BCUT2D eigenvalue weighted by Crippen LogP contribution is 2.35. The summed E-state index contributed by atoms with van der Waals surface area (Å²) in [5.74, 6) is 1.56. The number of thiophene rings is 1. The summed E-state index contributed by atoms with van der Waals surface area (Å²) in [4.78, 5) is 17.3. The van der Waals surface area contributed by atoms with Gasteiger partial charge in [-0.3, -0.25) is 4.79 Å². The molecule has 3 rings (SSSR count). The van der Waals surface area contributed by atoms with Gasteiger partial charge in [0.1, 0.15) is 5.75 Å². The molecule has 1 aliphatic heterocycles. The van der Waals surface area contributed by atoms with Gasteiger partial charge in [0.15, 0.2) is 0 Å². The zero-order valence-corrected chi connectivity index (χ0v) is 15.1. The van der Waals surface area contributed by atoms with Crippen molar-refractivity contribution in [2.75, 3.05) is 19.4 Å². The van der Waals surface area contributed by atoms with Crippen LogP contribution in [0.5, 0.6) is 5.75 Å². The molecule has 0 radical (unpaired) electrons. The molecule has 0 fully saturated rings. The Labute approximate surface area is 145 Å². The Morgan fingerprint density at radius 2 is 2.13 bits per heavy atom. The van der Waals surface area contributed by atoms with Gasteiger partial charge in [0.25, 0.3) is 0 Å². The van der Waals surface area contributed by atoms with Crippen LogP contribution in [0.25, 0.3) is 0 Å². The lowest BCUT2D eigenvalue weighted by molar-refractivity contribution is -0.131. The van der Waals surface area contributed by atoms with Crippen molar-refractivity contribution in [3.63, 3.8) is 0 Å². The molecule has 0 aliphatic carbocycles. The van der Waals surface area contributed by atoms with Crippen molar-refractivity contribution in [1.29, 1.82) is 0 Å². The summed E-state index contributed by atoms with van der Waals surface area (Å²) in [6, 6.07) is 10.3. The molecule has 0 saturated carbocycles. The molecule has 1 amide bonds. The number of methoxy groups -OCH3 is 1. The monoisotopic (exact) mass is 347 g/mol. The molecule has 0 bridgehead atoms. The summed E-state index contributed by atoms with van der Waals surface area (Å²) in [5, 5.41) is 2.15. The standard InChI is InChI=1S/C18H21NO2S2/c1-3-16-15-9-11-22-17(15)8-10-19(16)18(20)12-23-14-6-4-13(21-2)5-7-14/h4-7,9,11,16H,3,8,10,12H2,1-2H3. The van der Waals surface area contributed by atoms with E-state index in [4.69, 9.17) is 4.74 Å². The largest absolute Gasteiger partial charge is 0.497 e. The first-order valence-electron chi connectivity index (χ1n) is 7.85. The predicted octanol–water partition coefficient (Wildman–Crippen LogP) is 4.38. The number of carbonyl (C=O) groups is 1. The van der Waals surface area contributed by atoms with E-state index >= 15 is 0 Å². The fourth-order valence-electron chi connectivity index (χ4n) is 3.04. The second-order valence-electron chi connectivity index (χ2n) is 5.52. The minimum absolute atomic E-state index is 0.231. The van der Waals surface area contributed by atoms with E-state index in [1.807, 2.05) is 35.6 Å². The van der Waals surface area contributed by atoms with E-state index in [0.29, 0.717) is 5.75 Å². The minimum Gasteiger partial charge on any atom is -0.497 e. The van der Waals surface area contributed by atoms with Crippen LogP contribution in [0.4, 0.5) is 0 Å². The SMILES string of the molecule is CCC1c2ccsc2CCN1C(=O)CSc1ccc(OC)cc1. The highest BCUT2D eigenvalue weighted by molar-refractivity contribution is 8.00. The third-order valence-corrected chi connectivity index (χ3v) is 6.22. The van der Waals surface area contributed by atoms with E-state index < -0.39 is 0 Å². The van der Waals surface area contributed by atoms with Gasteiger partial charge >= 0.3 is 0 Å². The van der Waals surface area contributed by atoms with Gasteiger partial charge in [-0.1, -0.05) is 6.92 Å². The summed E-state index contributed by atoms with van der Waals surface area (Å²) >= 11 is 3.41. The first-order chi connectivity index (χ1) is 11.2. The highest BCUT2D eigenvalue weighted by atomic mass is 32.2. The quantitative estimate of drug-likeness (QED) is 0.752. The summed E-state index contributed by atoms with van der Waals surface area (Å²) in [7, 11) is 1.66. The molecule has 1 aliphatic rings. The van der Waals surface area contributed by atoms with Crippen LogP contribution in [0.2, 0.25) is 0 Å². The van der Waals surface area contributed by atoms with E-state index in [0.717, 1.165) is 30.0 Å². The molecule has 1 aromatic heterocycles. The van der Waals surface area contributed by atoms with E-state index in [2.05, 4.69) is 23.3 Å². The molecule has 0 saturated heterocycles. The number of thioether (sulfide) groups is 1. The molecule has 23 heavy (non-hydrogen) atoms. The summed E-state index contributed by atoms with van der Waals surface area (Å²) < 4.78 is 5.16. The van der Waals surface area contributed by atoms with Crippen LogP contribution in [0.3, 0.4) is 0 Å². The molecule has 0 N–H and O–H groups in total. The van der Waals surface area contributed by atoms with Crippen LogP contribution in [0.15, 0.2) is 40.6 Å². The normalized spacial score (nSPS) is 17.0. The van der Waals surface area contributed by atoms with Gasteiger partial charge < -0.3 is 9.64 Å². The molecule has 5 heteroatoms. The molecule has 0 spiro atoms. The highest BCUT2D eigenvalue weighted by Gasteiger charge is 2.29.